The van der Waals surface area contributed by atoms with Crippen LogP contribution in [0.2, 0.25) is 0 Å². The Kier molecular flexibility index (Phi) is 5.26. The van der Waals surface area contributed by atoms with Crippen molar-refractivity contribution >= 4 is 11.8 Å². The lowest BCUT2D eigenvalue weighted by Gasteiger charge is -2.12. The Bertz CT molecular complexity index is 747. The van der Waals surface area contributed by atoms with Gasteiger partial charge in [-0.1, -0.05) is 18.7 Å². The molecule has 0 saturated heterocycles. The molecule has 0 radical (unpaired) electrons. The van der Waals surface area contributed by atoms with Crippen LogP contribution in [0.25, 0.3) is 0 Å². The number of nitrogens with one attached hydrogen (secondary N) is 1. The van der Waals surface area contributed by atoms with Gasteiger partial charge in [0.05, 0.1) is 20.8 Å². The van der Waals surface area contributed by atoms with Crippen molar-refractivity contribution in [1.82, 2.24) is 14.5 Å². The van der Waals surface area contributed by atoms with Gasteiger partial charge in [0, 0.05) is 6.07 Å². The summed E-state index contributed by atoms with van der Waals surface area (Å²) in [4.78, 5) is 29.4. The Morgan fingerprint density at radius 3 is 2.36 bits per heavy atom. The highest BCUT2D eigenvalue weighted by atomic mass is 32.2. The number of hydrogen-bond donors (Lipinski definition) is 1. The summed E-state index contributed by atoms with van der Waals surface area (Å²) in [5, 5.41) is 0.387. The first-order valence-corrected chi connectivity index (χ1v) is 7.61. The van der Waals surface area contributed by atoms with Crippen molar-refractivity contribution in [3.05, 3.63) is 44.7 Å². The third kappa shape index (κ3) is 3.70. The predicted molar refractivity (Wildman–Crippen MR) is 84.2 cm³/mol. The van der Waals surface area contributed by atoms with Gasteiger partial charge in [-0.25, -0.2) is 9.59 Å². The SMILES string of the molecule is CCSc1nc(=O)[nH]c(=O)n1Cc1cc(OC)cc(OC)c1. The van der Waals surface area contributed by atoms with E-state index in [1.54, 1.807) is 32.4 Å². The molecule has 1 aromatic carbocycles. The van der Waals surface area contributed by atoms with Crippen molar-refractivity contribution in [3.63, 3.8) is 0 Å². The van der Waals surface area contributed by atoms with E-state index in [1.807, 2.05) is 6.92 Å². The summed E-state index contributed by atoms with van der Waals surface area (Å²) >= 11 is 1.34. The third-order valence-corrected chi connectivity index (χ3v) is 3.77. The molecule has 0 saturated carbocycles. The van der Waals surface area contributed by atoms with Gasteiger partial charge in [-0.15, -0.1) is 0 Å². The minimum Gasteiger partial charge on any atom is -0.497 e. The Morgan fingerprint density at radius 2 is 1.82 bits per heavy atom. The molecule has 8 heteroatoms. The van der Waals surface area contributed by atoms with Crippen molar-refractivity contribution in [2.45, 2.75) is 18.6 Å². The third-order valence-electron chi connectivity index (χ3n) is 2.91. The maximum absolute atomic E-state index is 12.0. The molecule has 0 atom stereocenters. The summed E-state index contributed by atoms with van der Waals surface area (Å²) in [7, 11) is 3.12. The number of ether oxygens (including phenoxy) is 2. The maximum Gasteiger partial charge on any atom is 0.351 e. The van der Waals surface area contributed by atoms with Gasteiger partial charge in [-0.3, -0.25) is 9.55 Å². The number of rotatable bonds is 6. The first-order chi connectivity index (χ1) is 10.6. The fourth-order valence-corrected chi connectivity index (χ4v) is 2.65. The molecule has 0 fully saturated rings. The van der Waals surface area contributed by atoms with Crippen LogP contribution in [0.4, 0.5) is 0 Å². The smallest absolute Gasteiger partial charge is 0.351 e. The summed E-state index contributed by atoms with van der Waals surface area (Å²) in [6.07, 6.45) is 0. The highest BCUT2D eigenvalue weighted by molar-refractivity contribution is 7.99. The molecule has 0 spiro atoms. The van der Waals surface area contributed by atoms with Crippen LogP contribution in [0, 0.1) is 0 Å². The average molecular weight is 323 g/mol. The van der Waals surface area contributed by atoms with E-state index in [-0.39, 0.29) is 6.54 Å². The lowest BCUT2D eigenvalue weighted by molar-refractivity contribution is 0.393. The number of benzene rings is 1. The number of hydrogen-bond acceptors (Lipinski definition) is 6. The van der Waals surface area contributed by atoms with Crippen molar-refractivity contribution in [1.29, 1.82) is 0 Å². The highest BCUT2D eigenvalue weighted by Gasteiger charge is 2.10. The minimum atomic E-state index is -0.638. The number of methoxy groups -OCH3 is 2. The Balaban J connectivity index is 2.46. The summed E-state index contributed by atoms with van der Waals surface area (Å²) in [6.45, 7) is 2.19. The van der Waals surface area contributed by atoms with Crippen LogP contribution in [-0.4, -0.2) is 34.5 Å². The van der Waals surface area contributed by atoms with E-state index in [1.165, 1.54) is 16.3 Å². The van der Waals surface area contributed by atoms with E-state index in [2.05, 4.69) is 9.97 Å². The zero-order valence-electron chi connectivity index (χ0n) is 12.6. The number of nitrogens with zero attached hydrogens (tertiary/aromatic N) is 2. The Labute approximate surface area is 131 Å². The maximum atomic E-state index is 12.0. The van der Waals surface area contributed by atoms with Gasteiger partial charge in [-0.05, 0) is 23.4 Å². The molecule has 2 rings (SSSR count). The van der Waals surface area contributed by atoms with Gasteiger partial charge in [-0.2, -0.15) is 4.98 Å². The normalized spacial score (nSPS) is 10.5. The van der Waals surface area contributed by atoms with E-state index in [0.29, 0.717) is 22.4 Å². The van der Waals surface area contributed by atoms with Gasteiger partial charge in [0.2, 0.25) is 0 Å². The predicted octanol–water partition coefficient (Wildman–Crippen LogP) is 1.11. The van der Waals surface area contributed by atoms with E-state index in [4.69, 9.17) is 9.47 Å². The molecule has 0 amide bonds. The van der Waals surface area contributed by atoms with E-state index >= 15 is 0 Å². The van der Waals surface area contributed by atoms with Crippen molar-refractivity contribution in [2.24, 2.45) is 0 Å². The molecule has 0 bridgehead atoms. The van der Waals surface area contributed by atoms with Crippen LogP contribution in [-0.2, 0) is 6.54 Å². The van der Waals surface area contributed by atoms with Crippen LogP contribution >= 0.6 is 11.8 Å². The largest absolute Gasteiger partial charge is 0.497 e. The number of H-pyrrole nitrogens is 1. The molecule has 1 heterocycles. The second kappa shape index (κ2) is 7.17. The zero-order valence-corrected chi connectivity index (χ0v) is 13.4. The topological polar surface area (TPSA) is 86.2 Å². The molecule has 118 valence electrons. The van der Waals surface area contributed by atoms with Crippen LogP contribution in [0.15, 0.2) is 32.9 Å². The van der Waals surface area contributed by atoms with Crippen LogP contribution < -0.4 is 20.9 Å². The fraction of sp³-hybridized carbons (Fsp3) is 0.357. The molecule has 1 aromatic heterocycles. The standard InChI is InChI=1S/C14H17N3O4S/c1-4-22-14-16-12(18)15-13(19)17(14)8-9-5-10(20-2)7-11(6-9)21-3/h5-7H,4,8H2,1-3H3,(H,15,18,19). The van der Waals surface area contributed by atoms with E-state index < -0.39 is 11.4 Å². The zero-order chi connectivity index (χ0) is 16.1. The van der Waals surface area contributed by atoms with Gasteiger partial charge in [0.1, 0.15) is 11.5 Å². The molecule has 0 aliphatic rings. The summed E-state index contributed by atoms with van der Waals surface area (Å²) in [5.74, 6) is 1.96. The molecule has 2 aromatic rings. The second-order valence-electron chi connectivity index (χ2n) is 4.37. The van der Waals surface area contributed by atoms with Crippen molar-refractivity contribution < 1.29 is 9.47 Å². The quantitative estimate of drug-likeness (QED) is 0.802. The molecule has 7 nitrogen and oxygen atoms in total. The summed E-state index contributed by atoms with van der Waals surface area (Å²) < 4.78 is 11.9. The first kappa shape index (κ1) is 16.2. The molecule has 0 aliphatic carbocycles. The summed E-state index contributed by atoms with van der Waals surface area (Å²) in [5.41, 5.74) is -0.316. The summed E-state index contributed by atoms with van der Waals surface area (Å²) in [6, 6.07) is 5.36. The van der Waals surface area contributed by atoms with Crippen LogP contribution in [0.5, 0.6) is 11.5 Å². The molecule has 1 N–H and O–H groups in total. The molecular weight excluding hydrogens is 306 g/mol. The van der Waals surface area contributed by atoms with Crippen LogP contribution in [0.3, 0.4) is 0 Å². The van der Waals surface area contributed by atoms with Gasteiger partial charge < -0.3 is 9.47 Å². The van der Waals surface area contributed by atoms with E-state index in [0.717, 1.165) is 5.56 Å². The molecule has 0 unspecified atom stereocenters. The average Bonchev–Trinajstić information content (AvgIpc) is 2.50. The number of thioether (sulfide) groups is 1. The molecule has 0 aliphatic heterocycles. The molecule has 22 heavy (non-hydrogen) atoms. The van der Waals surface area contributed by atoms with E-state index in [9.17, 15) is 9.59 Å². The monoisotopic (exact) mass is 323 g/mol. The Hall–Kier alpha value is -2.22. The lowest BCUT2D eigenvalue weighted by Crippen LogP contribution is -2.33. The van der Waals surface area contributed by atoms with Crippen LogP contribution in [0.1, 0.15) is 12.5 Å². The second-order valence-corrected chi connectivity index (χ2v) is 5.60. The molecular formula is C14H17N3O4S. The van der Waals surface area contributed by atoms with Gasteiger partial charge in [0.15, 0.2) is 5.16 Å². The first-order valence-electron chi connectivity index (χ1n) is 6.63. The number of aromatic amines is 1. The lowest BCUT2D eigenvalue weighted by atomic mass is 10.2. The Morgan fingerprint density at radius 1 is 1.18 bits per heavy atom. The fourth-order valence-electron chi connectivity index (χ4n) is 1.94. The van der Waals surface area contributed by atoms with Gasteiger partial charge in [0.25, 0.3) is 0 Å². The van der Waals surface area contributed by atoms with Gasteiger partial charge >= 0.3 is 11.4 Å². The number of aromatic nitrogens is 3. The van der Waals surface area contributed by atoms with Crippen molar-refractivity contribution in [2.75, 3.05) is 20.0 Å². The highest BCUT2D eigenvalue weighted by Crippen LogP contribution is 2.23. The minimum absolute atomic E-state index is 0.262. The van der Waals surface area contributed by atoms with Crippen molar-refractivity contribution in [3.8, 4) is 11.5 Å².